The summed E-state index contributed by atoms with van der Waals surface area (Å²) in [4.78, 5) is 36.8. The Morgan fingerprint density at radius 1 is 1.31 bits per heavy atom. The Kier molecular flexibility index (Phi) is 5.03. The molecule has 0 unspecified atom stereocenters. The maximum atomic E-state index is 12.0. The second-order valence-electron chi connectivity index (χ2n) is 6.97. The Hall–Kier alpha value is -3.62. The van der Waals surface area contributed by atoms with Gasteiger partial charge in [-0.2, -0.15) is 0 Å². The van der Waals surface area contributed by atoms with Crippen LogP contribution < -0.4 is 21.3 Å². The van der Waals surface area contributed by atoms with Crippen LogP contribution in [-0.2, 0) is 24.3 Å². The largest absolute Gasteiger partial charge is 0.490 e. The normalized spacial score (nSPS) is 15.0. The van der Waals surface area contributed by atoms with Crippen LogP contribution in [0.4, 0.5) is 0 Å². The van der Waals surface area contributed by atoms with Crippen LogP contribution in [0.5, 0.6) is 5.75 Å². The fourth-order valence-electron chi connectivity index (χ4n) is 3.23. The molecule has 4 rings (SSSR count). The highest BCUT2D eigenvalue weighted by Gasteiger charge is 2.20. The number of hydrogen-bond donors (Lipinski definition) is 2. The van der Waals surface area contributed by atoms with Gasteiger partial charge in [0.05, 0.1) is 6.54 Å². The molecule has 1 aromatic carbocycles. The van der Waals surface area contributed by atoms with Gasteiger partial charge in [0.25, 0.3) is 5.56 Å². The fraction of sp³-hybridized carbons (Fsp3) is 0.300. The minimum Gasteiger partial charge on any atom is -0.490 e. The summed E-state index contributed by atoms with van der Waals surface area (Å²) >= 11 is 0. The molecule has 0 fully saturated rings. The number of aromatic amines is 1. The van der Waals surface area contributed by atoms with Crippen molar-refractivity contribution in [2.24, 2.45) is 0 Å². The molecule has 150 valence electrons. The van der Waals surface area contributed by atoms with E-state index in [2.05, 4.69) is 15.5 Å². The number of fused-ring (bicyclic) bond motifs is 1. The molecule has 1 amide bonds. The van der Waals surface area contributed by atoms with Crippen LogP contribution in [0.15, 0.2) is 50.6 Å². The highest BCUT2D eigenvalue weighted by molar-refractivity contribution is 5.75. The van der Waals surface area contributed by atoms with Crippen LogP contribution in [0.2, 0.25) is 0 Å². The molecule has 1 atom stereocenters. The van der Waals surface area contributed by atoms with E-state index in [4.69, 9.17) is 9.26 Å². The monoisotopic (exact) mass is 396 g/mol. The number of aryl methyl sites for hydroxylation is 1. The predicted molar refractivity (Wildman–Crippen MR) is 104 cm³/mol. The summed E-state index contributed by atoms with van der Waals surface area (Å²) in [6.45, 7) is 2.41. The number of benzene rings is 1. The van der Waals surface area contributed by atoms with Gasteiger partial charge < -0.3 is 19.1 Å². The summed E-state index contributed by atoms with van der Waals surface area (Å²) in [6.07, 6.45) is 2.49. The van der Waals surface area contributed by atoms with Crippen molar-refractivity contribution >= 4 is 5.91 Å². The van der Waals surface area contributed by atoms with Gasteiger partial charge in [0, 0.05) is 43.3 Å². The zero-order valence-electron chi connectivity index (χ0n) is 15.8. The van der Waals surface area contributed by atoms with Crippen LogP contribution in [0.25, 0.3) is 11.3 Å². The Bertz CT molecular complexity index is 1160. The molecular weight excluding hydrogens is 376 g/mol. The number of carbonyl (C=O) groups excluding carboxylic acids is 1. The summed E-state index contributed by atoms with van der Waals surface area (Å²) in [6, 6.07) is 8.90. The van der Waals surface area contributed by atoms with Gasteiger partial charge in [-0.25, -0.2) is 4.79 Å². The van der Waals surface area contributed by atoms with E-state index in [9.17, 15) is 14.4 Å². The van der Waals surface area contributed by atoms with Gasteiger partial charge in [0.2, 0.25) is 5.91 Å². The van der Waals surface area contributed by atoms with Gasteiger partial charge in [0.1, 0.15) is 17.5 Å². The van der Waals surface area contributed by atoms with Gasteiger partial charge in [-0.15, -0.1) is 0 Å². The second-order valence-corrected chi connectivity index (χ2v) is 6.97. The lowest BCUT2D eigenvalue weighted by atomic mass is 10.1. The molecule has 3 heterocycles. The first kappa shape index (κ1) is 18.7. The Balaban J connectivity index is 1.32. The molecule has 1 aliphatic heterocycles. The molecule has 9 nitrogen and oxygen atoms in total. The maximum Gasteiger partial charge on any atom is 0.328 e. The minimum absolute atomic E-state index is 0.0969. The van der Waals surface area contributed by atoms with Crippen LogP contribution in [0, 0.1) is 0 Å². The number of nitrogens with zero attached hydrogens (tertiary/aromatic N) is 2. The molecule has 0 spiro atoms. The van der Waals surface area contributed by atoms with E-state index in [1.165, 1.54) is 16.8 Å². The third kappa shape index (κ3) is 4.29. The zero-order valence-corrected chi connectivity index (χ0v) is 15.8. The molecule has 1 aliphatic rings. The van der Waals surface area contributed by atoms with Crippen molar-refractivity contribution < 1.29 is 14.1 Å². The highest BCUT2D eigenvalue weighted by atomic mass is 16.5. The number of hydrogen-bond acceptors (Lipinski definition) is 6. The number of rotatable bonds is 6. The van der Waals surface area contributed by atoms with E-state index in [1.807, 2.05) is 25.1 Å². The Morgan fingerprint density at radius 2 is 2.17 bits per heavy atom. The minimum atomic E-state index is -0.541. The number of aromatic nitrogens is 3. The standard InChI is InChI=1S/C20H20N4O5/c1-12-8-14-9-13(2-3-16(14)28-12)17-10-15(23-29-17)11-21-18(25)4-6-24-7-5-19(26)22-20(24)27/h2-3,5,7,9-10,12H,4,6,8,11H2,1H3,(H,21,25)(H,22,26,27)/t12-/m1/s1. The molecular formula is C20H20N4O5. The summed E-state index contributed by atoms with van der Waals surface area (Å²) < 4.78 is 12.4. The average Bonchev–Trinajstić information content (AvgIpc) is 3.30. The first-order chi connectivity index (χ1) is 14.0. The third-order valence-electron chi connectivity index (χ3n) is 4.68. The van der Waals surface area contributed by atoms with Gasteiger partial charge in [-0.05, 0) is 30.7 Å². The molecule has 2 aromatic heterocycles. The van der Waals surface area contributed by atoms with E-state index in [1.54, 1.807) is 6.07 Å². The van der Waals surface area contributed by atoms with Crippen molar-refractivity contribution in [2.45, 2.75) is 39.0 Å². The summed E-state index contributed by atoms with van der Waals surface area (Å²) in [7, 11) is 0. The molecule has 2 N–H and O–H groups in total. The van der Waals surface area contributed by atoms with Crippen molar-refractivity contribution in [3.05, 3.63) is 68.6 Å². The maximum absolute atomic E-state index is 12.0. The first-order valence-electron chi connectivity index (χ1n) is 9.30. The van der Waals surface area contributed by atoms with Crippen molar-refractivity contribution in [1.29, 1.82) is 0 Å². The van der Waals surface area contributed by atoms with E-state index in [0.29, 0.717) is 11.5 Å². The first-order valence-corrected chi connectivity index (χ1v) is 9.30. The van der Waals surface area contributed by atoms with Crippen molar-refractivity contribution in [1.82, 2.24) is 20.0 Å². The van der Waals surface area contributed by atoms with Crippen molar-refractivity contribution in [3.8, 4) is 17.1 Å². The molecule has 3 aromatic rings. The Labute approximate surface area is 165 Å². The molecule has 0 aliphatic carbocycles. The fourth-order valence-corrected chi connectivity index (χ4v) is 3.23. The Morgan fingerprint density at radius 3 is 3.00 bits per heavy atom. The van der Waals surface area contributed by atoms with Gasteiger partial charge in [-0.3, -0.25) is 14.6 Å². The molecule has 0 radical (unpaired) electrons. The number of ether oxygens (including phenoxy) is 1. The van der Waals surface area contributed by atoms with Crippen molar-refractivity contribution in [2.75, 3.05) is 0 Å². The van der Waals surface area contributed by atoms with Crippen molar-refractivity contribution in [3.63, 3.8) is 0 Å². The molecule has 29 heavy (non-hydrogen) atoms. The van der Waals surface area contributed by atoms with Gasteiger partial charge in [-0.1, -0.05) is 5.16 Å². The van der Waals surface area contributed by atoms with E-state index in [0.717, 1.165) is 23.3 Å². The lowest BCUT2D eigenvalue weighted by molar-refractivity contribution is -0.121. The van der Waals surface area contributed by atoms with Crippen LogP contribution >= 0.6 is 0 Å². The number of nitrogens with one attached hydrogen (secondary N) is 2. The van der Waals surface area contributed by atoms with E-state index >= 15 is 0 Å². The SMILES string of the molecule is C[C@@H]1Cc2cc(-c3cc(CNC(=O)CCn4ccc(=O)[nH]c4=O)no3)ccc2O1. The number of amides is 1. The smallest absolute Gasteiger partial charge is 0.328 e. The predicted octanol–water partition coefficient (Wildman–Crippen LogP) is 1.22. The summed E-state index contributed by atoms with van der Waals surface area (Å²) in [5.41, 5.74) is 1.63. The highest BCUT2D eigenvalue weighted by Crippen LogP contribution is 2.33. The second kappa shape index (κ2) is 7.78. The lowest BCUT2D eigenvalue weighted by Crippen LogP contribution is -2.31. The van der Waals surface area contributed by atoms with Gasteiger partial charge in [0.15, 0.2) is 5.76 Å². The average molecular weight is 396 g/mol. The number of carbonyl (C=O) groups is 1. The van der Waals surface area contributed by atoms with Crippen LogP contribution in [0.3, 0.4) is 0 Å². The zero-order chi connectivity index (χ0) is 20.4. The quantitative estimate of drug-likeness (QED) is 0.647. The van der Waals surface area contributed by atoms with Crippen LogP contribution in [0.1, 0.15) is 24.6 Å². The summed E-state index contributed by atoms with van der Waals surface area (Å²) in [5.74, 6) is 1.28. The molecule has 9 heteroatoms. The van der Waals surface area contributed by atoms with Crippen LogP contribution in [-0.4, -0.2) is 26.7 Å². The molecule has 0 saturated heterocycles. The topological polar surface area (TPSA) is 119 Å². The van der Waals surface area contributed by atoms with E-state index < -0.39 is 11.2 Å². The van der Waals surface area contributed by atoms with Gasteiger partial charge >= 0.3 is 5.69 Å². The van der Waals surface area contributed by atoms with E-state index in [-0.39, 0.29) is 31.5 Å². The third-order valence-corrected chi connectivity index (χ3v) is 4.68. The number of H-pyrrole nitrogens is 1. The molecule has 0 saturated carbocycles. The molecule has 0 bridgehead atoms. The summed E-state index contributed by atoms with van der Waals surface area (Å²) in [5, 5.41) is 6.74. The lowest BCUT2D eigenvalue weighted by Gasteiger charge is -2.05.